The van der Waals surface area contributed by atoms with Gasteiger partial charge in [-0.1, -0.05) is 46.2 Å². The summed E-state index contributed by atoms with van der Waals surface area (Å²) in [5, 5.41) is 27.5. The van der Waals surface area contributed by atoms with E-state index in [1.807, 2.05) is 13.8 Å². The Labute approximate surface area is 271 Å². The Morgan fingerprint density at radius 1 is 0.830 bits per heavy atom. The number of phenols is 1. The fourth-order valence-corrected chi connectivity index (χ4v) is 4.09. The lowest BCUT2D eigenvalue weighted by Gasteiger charge is -2.29. The van der Waals surface area contributed by atoms with Gasteiger partial charge >= 0.3 is 12.1 Å². The minimum Gasteiger partial charge on any atom is -0.508 e. The number of primary amides is 1. The van der Waals surface area contributed by atoms with Crippen LogP contribution in [0.3, 0.4) is 0 Å². The first-order chi connectivity index (χ1) is 21.7. The van der Waals surface area contributed by atoms with Crippen LogP contribution in [0.2, 0.25) is 0 Å². The summed E-state index contributed by atoms with van der Waals surface area (Å²) in [6.07, 6.45) is -2.89. The molecule has 0 radical (unpaired) electrons. The summed E-state index contributed by atoms with van der Waals surface area (Å²) in [5.41, 5.74) is 11.7. The molecular formula is C30H47F3N6O8. The lowest BCUT2D eigenvalue weighted by molar-refractivity contribution is -0.192. The number of halogens is 3. The smallest absolute Gasteiger partial charge is 0.490 e. The van der Waals surface area contributed by atoms with Gasteiger partial charge in [0.05, 0.1) is 0 Å². The Morgan fingerprint density at radius 2 is 1.34 bits per heavy atom. The normalized spacial score (nSPS) is 14.3. The molecule has 0 aromatic heterocycles. The van der Waals surface area contributed by atoms with Gasteiger partial charge in [-0.15, -0.1) is 0 Å². The molecular weight excluding hydrogens is 629 g/mol. The van der Waals surface area contributed by atoms with Crippen LogP contribution in [0.1, 0.15) is 65.9 Å². The highest BCUT2D eigenvalue weighted by Crippen LogP contribution is 2.15. The van der Waals surface area contributed by atoms with E-state index in [9.17, 15) is 42.3 Å². The van der Waals surface area contributed by atoms with Crippen molar-refractivity contribution in [3.63, 3.8) is 0 Å². The monoisotopic (exact) mass is 676 g/mol. The third kappa shape index (κ3) is 16.6. The van der Waals surface area contributed by atoms with Crippen LogP contribution in [0.25, 0.3) is 0 Å². The minimum atomic E-state index is -5.08. The molecule has 0 unspecified atom stereocenters. The van der Waals surface area contributed by atoms with Crippen molar-refractivity contribution in [3.8, 4) is 5.75 Å². The van der Waals surface area contributed by atoms with E-state index in [0.29, 0.717) is 37.8 Å². The van der Waals surface area contributed by atoms with Gasteiger partial charge in [0.1, 0.15) is 29.9 Å². The zero-order valence-electron chi connectivity index (χ0n) is 27.1. The van der Waals surface area contributed by atoms with Crippen LogP contribution in [-0.4, -0.2) is 82.6 Å². The van der Waals surface area contributed by atoms with Gasteiger partial charge < -0.3 is 42.9 Å². The van der Waals surface area contributed by atoms with Crippen molar-refractivity contribution in [3.05, 3.63) is 29.8 Å². The topological polar surface area (TPSA) is 243 Å². The Morgan fingerprint density at radius 3 is 1.77 bits per heavy atom. The average Bonchev–Trinajstić information content (AvgIpc) is 2.97. The third-order valence-electron chi connectivity index (χ3n) is 6.96. The van der Waals surface area contributed by atoms with Gasteiger partial charge in [-0.3, -0.25) is 24.0 Å². The van der Waals surface area contributed by atoms with Crippen LogP contribution in [0.4, 0.5) is 13.2 Å². The molecule has 0 aliphatic carbocycles. The number of unbranched alkanes of at least 4 members (excludes halogenated alkanes) is 1. The number of rotatable bonds is 17. The molecule has 0 saturated heterocycles. The molecule has 47 heavy (non-hydrogen) atoms. The van der Waals surface area contributed by atoms with Gasteiger partial charge in [0, 0.05) is 13.3 Å². The molecule has 0 aliphatic rings. The van der Waals surface area contributed by atoms with Crippen LogP contribution in [0.5, 0.6) is 5.75 Å². The van der Waals surface area contributed by atoms with Crippen molar-refractivity contribution >= 4 is 35.5 Å². The molecule has 1 aromatic rings. The maximum absolute atomic E-state index is 13.5. The van der Waals surface area contributed by atoms with Gasteiger partial charge in [0.2, 0.25) is 29.5 Å². The summed E-state index contributed by atoms with van der Waals surface area (Å²) in [5.74, 6) is -6.06. The summed E-state index contributed by atoms with van der Waals surface area (Å²) < 4.78 is 31.7. The zero-order chi connectivity index (χ0) is 36.5. The van der Waals surface area contributed by atoms with Gasteiger partial charge in [0.15, 0.2) is 0 Å². The van der Waals surface area contributed by atoms with Crippen LogP contribution >= 0.6 is 0 Å². The Hall–Kier alpha value is -4.41. The number of hydrogen-bond acceptors (Lipinski definition) is 8. The first-order valence-electron chi connectivity index (χ1n) is 15.0. The molecule has 0 fully saturated rings. The van der Waals surface area contributed by atoms with E-state index in [1.165, 1.54) is 19.1 Å². The van der Waals surface area contributed by atoms with Crippen molar-refractivity contribution in [2.45, 2.75) is 97.1 Å². The number of nitrogens with one attached hydrogen (secondary N) is 4. The summed E-state index contributed by atoms with van der Waals surface area (Å²) in [7, 11) is 0. The quantitative estimate of drug-likeness (QED) is 0.109. The van der Waals surface area contributed by atoms with Crippen molar-refractivity contribution in [2.24, 2.45) is 23.3 Å². The van der Waals surface area contributed by atoms with E-state index < -0.39 is 59.9 Å². The Bertz CT molecular complexity index is 1200. The minimum absolute atomic E-state index is 0.0418. The summed E-state index contributed by atoms with van der Waals surface area (Å²) in [6.45, 7) is 8.96. The molecule has 1 rings (SSSR count). The van der Waals surface area contributed by atoms with Crippen molar-refractivity contribution in [2.75, 3.05) is 6.54 Å². The van der Waals surface area contributed by atoms with E-state index in [1.54, 1.807) is 26.0 Å². The maximum atomic E-state index is 13.5. The van der Waals surface area contributed by atoms with E-state index in [0.717, 1.165) is 0 Å². The van der Waals surface area contributed by atoms with Gasteiger partial charge in [-0.05, 0) is 55.3 Å². The lowest BCUT2D eigenvalue weighted by atomic mass is 9.96. The molecule has 0 spiro atoms. The van der Waals surface area contributed by atoms with Crippen molar-refractivity contribution in [1.29, 1.82) is 0 Å². The summed E-state index contributed by atoms with van der Waals surface area (Å²) >= 11 is 0. The fraction of sp³-hybridized carbons (Fsp3) is 0.600. The fourth-order valence-electron chi connectivity index (χ4n) is 4.09. The number of phenolic OH excluding ortho intramolecular Hbond substituents is 1. The molecule has 17 heteroatoms. The average molecular weight is 677 g/mol. The number of hydrogen-bond donors (Lipinski definition) is 8. The van der Waals surface area contributed by atoms with E-state index in [4.69, 9.17) is 21.4 Å². The highest BCUT2D eigenvalue weighted by molar-refractivity contribution is 5.95. The Balaban J connectivity index is 0.00000270. The maximum Gasteiger partial charge on any atom is 0.490 e. The van der Waals surface area contributed by atoms with E-state index >= 15 is 0 Å². The first kappa shape index (κ1) is 42.6. The van der Waals surface area contributed by atoms with Gasteiger partial charge in [-0.25, -0.2) is 4.79 Å². The largest absolute Gasteiger partial charge is 0.508 e. The molecule has 0 heterocycles. The first-order valence-corrected chi connectivity index (χ1v) is 15.0. The number of carboxylic acids is 1. The van der Waals surface area contributed by atoms with Crippen molar-refractivity contribution in [1.82, 2.24) is 21.3 Å². The zero-order valence-corrected chi connectivity index (χ0v) is 27.1. The molecule has 5 atom stereocenters. The van der Waals surface area contributed by atoms with Gasteiger partial charge in [0.25, 0.3) is 0 Å². The molecule has 10 N–H and O–H groups in total. The molecule has 0 aliphatic heterocycles. The second-order valence-electron chi connectivity index (χ2n) is 11.3. The number of amides is 5. The highest BCUT2D eigenvalue weighted by atomic mass is 19.4. The summed E-state index contributed by atoms with van der Waals surface area (Å²) in [4.78, 5) is 72.5. The third-order valence-corrected chi connectivity index (χ3v) is 6.96. The van der Waals surface area contributed by atoms with E-state index in [-0.39, 0.29) is 29.9 Å². The molecule has 266 valence electrons. The molecule has 5 amide bonds. The molecule has 0 saturated carbocycles. The molecule has 14 nitrogen and oxygen atoms in total. The van der Waals surface area contributed by atoms with Crippen LogP contribution in [0, 0.1) is 11.8 Å². The second kappa shape index (κ2) is 20.7. The number of aliphatic carboxylic acids is 1. The highest BCUT2D eigenvalue weighted by Gasteiger charge is 2.38. The number of carboxylic acid groups (broad SMARTS) is 1. The number of alkyl halides is 3. The standard InChI is InChI=1S/C28H46N6O6.C2HF3O2/c1-6-17(4)24(31-18(5)35)28(40)34-23(16(2)3)27(39)33-22(15-19-10-12-20(36)13-11-19)26(38)32-21(25(30)37)9-7-8-14-29;3-2(4,5)1(6)7/h10-13,16-17,21-24,36H,6-9,14-15,29H2,1-5H3,(H2,30,37)(H,31,35)(H,32,38)(H,33,39)(H,34,40);(H,6,7)/t17-,21-,22-,23-,24-;/m0./s1. The van der Waals surface area contributed by atoms with Crippen molar-refractivity contribution < 1.29 is 52.2 Å². The number of carbonyl (C=O) groups excluding carboxylic acids is 5. The predicted molar refractivity (Wildman–Crippen MR) is 165 cm³/mol. The summed E-state index contributed by atoms with van der Waals surface area (Å²) in [6, 6.07) is 2.22. The Kier molecular flexibility index (Phi) is 18.7. The number of carbonyl (C=O) groups is 6. The molecule has 1 aromatic carbocycles. The van der Waals surface area contributed by atoms with Crippen LogP contribution < -0.4 is 32.7 Å². The van der Waals surface area contributed by atoms with E-state index in [2.05, 4.69) is 21.3 Å². The number of benzene rings is 1. The predicted octanol–water partition coefficient (Wildman–Crippen LogP) is 0.844. The van der Waals surface area contributed by atoms with Gasteiger partial charge in [-0.2, -0.15) is 13.2 Å². The SMILES string of the molecule is CC[C@H](C)[C@H](NC(C)=O)C(=O)N[C@H](C(=O)N[C@@H](Cc1ccc(O)cc1)C(=O)N[C@@H](CCCCN)C(N)=O)C(C)C.O=C(O)C(F)(F)F. The van der Waals surface area contributed by atoms with Crippen LogP contribution in [0.15, 0.2) is 24.3 Å². The second-order valence-corrected chi connectivity index (χ2v) is 11.3. The number of aromatic hydroxyl groups is 1. The van der Waals surface area contributed by atoms with Crippen LogP contribution in [-0.2, 0) is 35.2 Å². The number of nitrogens with two attached hydrogens (primary N) is 2. The lowest BCUT2D eigenvalue weighted by Crippen LogP contribution is -2.60. The molecule has 0 bridgehead atoms.